The van der Waals surface area contributed by atoms with Crippen molar-refractivity contribution in [1.82, 2.24) is 14.7 Å². The summed E-state index contributed by atoms with van der Waals surface area (Å²) in [4.78, 5) is 33.2. The van der Waals surface area contributed by atoms with E-state index in [-0.39, 0.29) is 17.4 Å². The first kappa shape index (κ1) is 22.9. The lowest BCUT2D eigenvalue weighted by molar-refractivity contribution is -0.136. The van der Waals surface area contributed by atoms with Crippen molar-refractivity contribution in [3.8, 4) is 0 Å². The van der Waals surface area contributed by atoms with Crippen molar-refractivity contribution in [2.24, 2.45) is 0 Å². The molecule has 0 aromatic heterocycles. The first-order valence-electron chi connectivity index (χ1n) is 12.8. The fourth-order valence-electron chi connectivity index (χ4n) is 5.86. The van der Waals surface area contributed by atoms with Gasteiger partial charge in [0.15, 0.2) is 0 Å². The summed E-state index contributed by atoms with van der Waals surface area (Å²) in [6.45, 7) is 4.87. The zero-order chi connectivity index (χ0) is 23.4. The van der Waals surface area contributed by atoms with E-state index >= 15 is 0 Å². The van der Waals surface area contributed by atoms with Crippen LogP contribution in [-0.4, -0.2) is 64.8 Å². The van der Waals surface area contributed by atoms with E-state index in [2.05, 4.69) is 47.4 Å². The van der Waals surface area contributed by atoms with Gasteiger partial charge in [-0.05, 0) is 30.0 Å². The highest BCUT2D eigenvalue weighted by molar-refractivity contribution is 5.99. The van der Waals surface area contributed by atoms with Crippen LogP contribution >= 0.6 is 0 Å². The molecule has 5 rings (SSSR count). The Kier molecular flexibility index (Phi) is 6.82. The molecule has 1 aliphatic carbocycles. The highest BCUT2D eigenvalue weighted by Crippen LogP contribution is 2.41. The summed E-state index contributed by atoms with van der Waals surface area (Å²) in [6.07, 6.45) is 10.1. The summed E-state index contributed by atoms with van der Waals surface area (Å²) in [5, 5.41) is 0. The van der Waals surface area contributed by atoms with Crippen LogP contribution < -0.4 is 0 Å². The van der Waals surface area contributed by atoms with E-state index in [1.807, 2.05) is 34.1 Å². The molecule has 2 aromatic rings. The van der Waals surface area contributed by atoms with E-state index in [4.69, 9.17) is 0 Å². The third kappa shape index (κ3) is 4.80. The predicted octanol–water partition coefficient (Wildman–Crippen LogP) is 4.59. The van der Waals surface area contributed by atoms with Crippen molar-refractivity contribution >= 4 is 17.9 Å². The van der Waals surface area contributed by atoms with Crippen molar-refractivity contribution < 1.29 is 9.59 Å². The lowest BCUT2D eigenvalue weighted by Crippen LogP contribution is -2.55. The maximum atomic E-state index is 13.5. The summed E-state index contributed by atoms with van der Waals surface area (Å²) in [6, 6.07) is 18.3. The van der Waals surface area contributed by atoms with Gasteiger partial charge in [-0.1, -0.05) is 79.9 Å². The maximum absolute atomic E-state index is 13.5. The lowest BCUT2D eigenvalue weighted by Gasteiger charge is -2.45. The van der Waals surface area contributed by atoms with Gasteiger partial charge in [0.2, 0.25) is 5.91 Å². The van der Waals surface area contributed by atoms with Crippen molar-refractivity contribution in [2.45, 2.75) is 50.6 Å². The van der Waals surface area contributed by atoms with Gasteiger partial charge in [-0.25, -0.2) is 0 Å². The molecule has 1 saturated heterocycles. The van der Waals surface area contributed by atoms with E-state index in [1.165, 1.54) is 12.0 Å². The van der Waals surface area contributed by atoms with E-state index in [9.17, 15) is 9.59 Å². The topological polar surface area (TPSA) is 43.9 Å². The molecule has 3 aliphatic rings. The molecular weight excluding hydrogens is 422 g/mol. The zero-order valence-electron chi connectivity index (χ0n) is 20.0. The molecule has 178 valence electrons. The van der Waals surface area contributed by atoms with Crippen LogP contribution in [0.4, 0.5) is 0 Å². The third-order valence-electron chi connectivity index (χ3n) is 7.86. The molecule has 0 spiro atoms. The van der Waals surface area contributed by atoms with E-state index in [0.29, 0.717) is 13.0 Å². The molecule has 0 unspecified atom stereocenters. The first-order chi connectivity index (χ1) is 16.6. The smallest absolute Gasteiger partial charge is 0.254 e. The van der Waals surface area contributed by atoms with Crippen LogP contribution in [0.2, 0.25) is 0 Å². The van der Waals surface area contributed by atoms with Crippen LogP contribution in [0.15, 0.2) is 60.7 Å². The number of benzene rings is 2. The van der Waals surface area contributed by atoms with E-state index in [1.54, 1.807) is 0 Å². The lowest BCUT2D eigenvalue weighted by atomic mass is 9.77. The molecule has 5 nitrogen and oxygen atoms in total. The number of rotatable bonds is 6. The molecule has 2 heterocycles. The molecular formula is C29H35N3O2. The largest absolute Gasteiger partial charge is 0.340 e. The van der Waals surface area contributed by atoms with Crippen molar-refractivity contribution in [3.63, 3.8) is 0 Å². The van der Waals surface area contributed by atoms with Gasteiger partial charge in [0.25, 0.3) is 5.91 Å². The van der Waals surface area contributed by atoms with E-state index < -0.39 is 0 Å². The fourth-order valence-corrected chi connectivity index (χ4v) is 5.86. The number of hydrogen-bond acceptors (Lipinski definition) is 3. The minimum Gasteiger partial charge on any atom is -0.340 e. The highest BCUT2D eigenvalue weighted by atomic mass is 16.2. The second-order valence-corrected chi connectivity index (χ2v) is 10.0. The Labute approximate surface area is 203 Å². The van der Waals surface area contributed by atoms with Gasteiger partial charge in [0.1, 0.15) is 0 Å². The molecule has 0 radical (unpaired) electrons. The molecule has 0 bridgehead atoms. The van der Waals surface area contributed by atoms with Gasteiger partial charge in [-0.3, -0.25) is 14.5 Å². The molecule has 0 atom stereocenters. The minimum atomic E-state index is -0.332. The number of amides is 2. The van der Waals surface area contributed by atoms with Crippen LogP contribution in [-0.2, 0) is 11.3 Å². The summed E-state index contributed by atoms with van der Waals surface area (Å²) in [5.74, 6) is 0.324. The third-order valence-corrected chi connectivity index (χ3v) is 7.86. The standard InChI is InChI=1S/C29H35N3O2/c33-27(31-20-18-30(19-21-31)17-9-12-24-10-3-1-4-11-24)22-29(15-7-2-8-16-29)32-23-25-13-5-6-14-26(25)28(32)34/h1,3-6,9-14H,2,7-8,15-23H2. The Morgan fingerprint density at radius 1 is 0.882 bits per heavy atom. The second-order valence-electron chi connectivity index (χ2n) is 10.0. The molecule has 1 saturated carbocycles. The molecule has 2 fully saturated rings. The van der Waals surface area contributed by atoms with Crippen LogP contribution in [0.1, 0.15) is 60.0 Å². The van der Waals surface area contributed by atoms with Gasteiger partial charge < -0.3 is 9.80 Å². The van der Waals surface area contributed by atoms with Gasteiger partial charge in [0.05, 0.1) is 12.0 Å². The average Bonchev–Trinajstić information content (AvgIpc) is 3.23. The Hall–Kier alpha value is -2.92. The Morgan fingerprint density at radius 2 is 1.59 bits per heavy atom. The van der Waals surface area contributed by atoms with Crippen molar-refractivity contribution in [1.29, 1.82) is 0 Å². The van der Waals surface area contributed by atoms with Gasteiger partial charge in [-0.2, -0.15) is 0 Å². The molecule has 5 heteroatoms. The minimum absolute atomic E-state index is 0.111. The van der Waals surface area contributed by atoms with Gasteiger partial charge in [-0.15, -0.1) is 0 Å². The number of nitrogens with zero attached hydrogens (tertiary/aromatic N) is 3. The quantitative estimate of drug-likeness (QED) is 0.637. The van der Waals surface area contributed by atoms with Gasteiger partial charge >= 0.3 is 0 Å². The molecule has 2 aromatic carbocycles. The Balaban J connectivity index is 1.19. The maximum Gasteiger partial charge on any atom is 0.254 e. The summed E-state index contributed by atoms with van der Waals surface area (Å²) in [7, 11) is 0. The fraction of sp³-hybridized carbons (Fsp3) is 0.448. The number of carbonyl (C=O) groups excluding carboxylic acids is 2. The highest BCUT2D eigenvalue weighted by Gasteiger charge is 2.46. The van der Waals surface area contributed by atoms with Crippen LogP contribution in [0.5, 0.6) is 0 Å². The molecule has 0 N–H and O–H groups in total. The normalized spacial score (nSPS) is 20.6. The Morgan fingerprint density at radius 3 is 2.32 bits per heavy atom. The number of hydrogen-bond donors (Lipinski definition) is 0. The number of fused-ring (bicyclic) bond motifs is 1. The molecule has 34 heavy (non-hydrogen) atoms. The molecule has 2 amide bonds. The van der Waals surface area contributed by atoms with Crippen LogP contribution in [0.3, 0.4) is 0 Å². The van der Waals surface area contributed by atoms with Gasteiger partial charge in [0, 0.05) is 44.8 Å². The van der Waals surface area contributed by atoms with E-state index in [0.717, 1.165) is 69.5 Å². The SMILES string of the molecule is O=C(CC1(N2Cc3ccccc3C2=O)CCCCC1)N1CCN(CC=Cc2ccccc2)CC1. The second kappa shape index (κ2) is 10.1. The first-order valence-corrected chi connectivity index (χ1v) is 12.8. The summed E-state index contributed by atoms with van der Waals surface area (Å²) >= 11 is 0. The predicted molar refractivity (Wildman–Crippen MR) is 135 cm³/mol. The van der Waals surface area contributed by atoms with Crippen molar-refractivity contribution in [2.75, 3.05) is 32.7 Å². The van der Waals surface area contributed by atoms with Crippen LogP contribution in [0.25, 0.3) is 6.08 Å². The summed E-state index contributed by atoms with van der Waals surface area (Å²) in [5.41, 5.74) is 2.80. The number of piperazine rings is 1. The van der Waals surface area contributed by atoms with Crippen LogP contribution in [0, 0.1) is 0 Å². The zero-order valence-corrected chi connectivity index (χ0v) is 20.0. The van der Waals surface area contributed by atoms with Crippen molar-refractivity contribution in [3.05, 3.63) is 77.4 Å². The Bertz CT molecular complexity index is 1030. The monoisotopic (exact) mass is 457 g/mol. The summed E-state index contributed by atoms with van der Waals surface area (Å²) < 4.78 is 0. The molecule has 2 aliphatic heterocycles. The number of carbonyl (C=O) groups is 2. The average molecular weight is 458 g/mol.